The van der Waals surface area contributed by atoms with Crippen molar-refractivity contribution in [2.45, 2.75) is 22.6 Å². The molecule has 0 spiro atoms. The molecule has 0 unspecified atom stereocenters. The molecule has 1 heterocycles. The molecule has 31 heavy (non-hydrogen) atoms. The maximum atomic E-state index is 12.9. The van der Waals surface area contributed by atoms with Gasteiger partial charge in [-0.15, -0.1) is 11.8 Å². The average Bonchev–Trinajstić information content (AvgIpc) is 2.82. The Kier molecular flexibility index (Phi) is 7.27. The van der Waals surface area contributed by atoms with E-state index in [4.69, 9.17) is 4.74 Å². The van der Waals surface area contributed by atoms with Gasteiger partial charge in [0.2, 0.25) is 0 Å². The topological polar surface area (TPSA) is 84.0 Å². The second-order valence-corrected chi connectivity index (χ2v) is 10.1. The summed E-state index contributed by atoms with van der Waals surface area (Å²) in [6.07, 6.45) is 3.08. The predicted molar refractivity (Wildman–Crippen MR) is 121 cm³/mol. The number of hydrogen-bond acceptors (Lipinski definition) is 6. The van der Waals surface area contributed by atoms with Crippen LogP contribution in [0.25, 0.3) is 0 Å². The fourth-order valence-electron chi connectivity index (χ4n) is 3.53. The van der Waals surface area contributed by atoms with Crippen LogP contribution in [0.1, 0.15) is 23.2 Å². The van der Waals surface area contributed by atoms with Crippen LogP contribution in [0, 0.1) is 5.92 Å². The Morgan fingerprint density at radius 2 is 1.61 bits per heavy atom. The Labute approximate surface area is 187 Å². The number of nitrogens with zero attached hydrogens (tertiary/aromatic N) is 2. The summed E-state index contributed by atoms with van der Waals surface area (Å²) in [5, 5.41) is 0. The molecule has 166 valence electrons. The van der Waals surface area contributed by atoms with E-state index < -0.39 is 10.0 Å². The molecule has 1 fully saturated rings. The zero-order valence-electron chi connectivity index (χ0n) is 17.8. The van der Waals surface area contributed by atoms with Gasteiger partial charge in [-0.25, -0.2) is 8.42 Å². The van der Waals surface area contributed by atoms with Crippen molar-refractivity contribution in [3.8, 4) is 0 Å². The van der Waals surface area contributed by atoms with Crippen molar-refractivity contribution in [2.75, 3.05) is 37.8 Å². The number of amides is 1. The van der Waals surface area contributed by atoms with E-state index in [1.165, 1.54) is 18.5 Å². The first-order valence-electron chi connectivity index (χ1n) is 9.88. The number of ether oxygens (including phenoxy) is 1. The molecule has 0 aromatic heterocycles. The van der Waals surface area contributed by atoms with E-state index in [9.17, 15) is 18.0 Å². The van der Waals surface area contributed by atoms with E-state index in [0.717, 1.165) is 4.90 Å². The molecule has 1 aliphatic rings. The van der Waals surface area contributed by atoms with Crippen molar-refractivity contribution in [2.24, 2.45) is 5.92 Å². The summed E-state index contributed by atoms with van der Waals surface area (Å²) in [5.41, 5.74) is 0.949. The number of carbonyl (C=O) groups excluding carboxylic acids is 2. The lowest BCUT2D eigenvalue weighted by Gasteiger charge is -2.30. The maximum absolute atomic E-state index is 12.9. The number of hydrogen-bond donors (Lipinski definition) is 0. The predicted octanol–water partition coefficient (Wildman–Crippen LogP) is 3.26. The number of anilines is 1. The molecule has 0 bridgehead atoms. The Bertz CT molecular complexity index is 1030. The van der Waals surface area contributed by atoms with Gasteiger partial charge in [0.05, 0.1) is 23.6 Å². The highest BCUT2D eigenvalue weighted by Gasteiger charge is 2.28. The summed E-state index contributed by atoms with van der Waals surface area (Å²) in [5.74, 6) is -0.530. The van der Waals surface area contributed by atoms with E-state index in [0.29, 0.717) is 37.2 Å². The first-order valence-corrected chi connectivity index (χ1v) is 12.5. The molecule has 9 heteroatoms. The van der Waals surface area contributed by atoms with Crippen LogP contribution in [0.15, 0.2) is 58.3 Å². The van der Waals surface area contributed by atoms with E-state index in [1.807, 2.05) is 6.26 Å². The number of sulfonamides is 1. The Hall–Kier alpha value is -2.52. The minimum absolute atomic E-state index is 0.131. The van der Waals surface area contributed by atoms with Crippen LogP contribution < -0.4 is 4.31 Å². The molecule has 1 amide bonds. The molecule has 0 aliphatic carbocycles. The lowest BCUT2D eigenvalue weighted by Crippen LogP contribution is -2.40. The highest BCUT2D eigenvalue weighted by Crippen LogP contribution is 2.25. The van der Waals surface area contributed by atoms with E-state index in [-0.39, 0.29) is 22.7 Å². The quantitative estimate of drug-likeness (QED) is 0.484. The number of esters is 1. The number of carbonyl (C=O) groups is 2. The molecule has 0 atom stereocenters. The van der Waals surface area contributed by atoms with Crippen molar-refractivity contribution >= 4 is 39.3 Å². The molecule has 0 saturated carbocycles. The second-order valence-electron chi connectivity index (χ2n) is 7.28. The smallest absolute Gasteiger partial charge is 0.308 e. The third kappa shape index (κ3) is 5.04. The molecule has 3 rings (SSSR count). The highest BCUT2D eigenvalue weighted by atomic mass is 32.2. The molecule has 0 N–H and O–H groups in total. The van der Waals surface area contributed by atoms with Crippen molar-refractivity contribution in [1.29, 1.82) is 0 Å². The molecule has 2 aromatic rings. The number of piperidine rings is 1. The van der Waals surface area contributed by atoms with E-state index in [2.05, 4.69) is 0 Å². The normalized spacial score (nSPS) is 14.9. The van der Waals surface area contributed by atoms with Crippen LogP contribution in [-0.4, -0.2) is 58.7 Å². The molecule has 2 aromatic carbocycles. The largest absolute Gasteiger partial charge is 0.469 e. The number of rotatable bonds is 6. The summed E-state index contributed by atoms with van der Waals surface area (Å²) in [6.45, 7) is 0.974. The fourth-order valence-corrected chi connectivity index (χ4v) is 5.13. The zero-order chi connectivity index (χ0) is 22.6. The van der Waals surface area contributed by atoms with Crippen LogP contribution in [0.5, 0.6) is 0 Å². The SMILES string of the molecule is COC(=O)C1CCN(C(=O)c2ccc(N(C)S(=O)(=O)c3ccc(SC)cc3)cc2)CC1. The standard InChI is InChI=1S/C22H26N2O5S2/c1-23(31(27,28)20-10-8-19(30-3)9-11-20)18-6-4-16(5-7-18)21(25)24-14-12-17(13-15-24)22(26)29-2/h4-11,17H,12-15H2,1-3H3. The zero-order valence-corrected chi connectivity index (χ0v) is 19.4. The Morgan fingerprint density at radius 3 is 2.13 bits per heavy atom. The van der Waals surface area contributed by atoms with Gasteiger partial charge in [0, 0.05) is 30.6 Å². The molecular formula is C22H26N2O5S2. The van der Waals surface area contributed by atoms with Gasteiger partial charge in [-0.05, 0) is 67.6 Å². The van der Waals surface area contributed by atoms with Crippen LogP contribution in [-0.2, 0) is 19.6 Å². The third-order valence-electron chi connectivity index (χ3n) is 5.51. The highest BCUT2D eigenvalue weighted by molar-refractivity contribution is 7.98. The van der Waals surface area contributed by atoms with Crippen LogP contribution >= 0.6 is 11.8 Å². The Morgan fingerprint density at radius 1 is 1.03 bits per heavy atom. The molecular weight excluding hydrogens is 436 g/mol. The maximum Gasteiger partial charge on any atom is 0.308 e. The van der Waals surface area contributed by atoms with Gasteiger partial charge in [-0.3, -0.25) is 13.9 Å². The number of benzene rings is 2. The van der Waals surface area contributed by atoms with Gasteiger partial charge < -0.3 is 9.64 Å². The van der Waals surface area contributed by atoms with Crippen LogP contribution in [0.2, 0.25) is 0 Å². The molecule has 7 nitrogen and oxygen atoms in total. The number of thioether (sulfide) groups is 1. The van der Waals surface area contributed by atoms with Crippen molar-refractivity contribution in [1.82, 2.24) is 4.90 Å². The summed E-state index contributed by atoms with van der Waals surface area (Å²) in [6, 6.07) is 13.2. The molecule has 1 saturated heterocycles. The first kappa shape index (κ1) is 23.1. The van der Waals surface area contributed by atoms with Crippen molar-refractivity contribution < 1.29 is 22.7 Å². The van der Waals surface area contributed by atoms with Gasteiger partial charge in [-0.2, -0.15) is 0 Å². The van der Waals surface area contributed by atoms with E-state index in [1.54, 1.807) is 65.2 Å². The van der Waals surface area contributed by atoms with Gasteiger partial charge in [0.15, 0.2) is 0 Å². The monoisotopic (exact) mass is 462 g/mol. The van der Waals surface area contributed by atoms with Gasteiger partial charge in [0.1, 0.15) is 0 Å². The number of methoxy groups -OCH3 is 1. The third-order valence-corrected chi connectivity index (χ3v) is 8.06. The second kappa shape index (κ2) is 9.74. The van der Waals surface area contributed by atoms with Crippen LogP contribution in [0.4, 0.5) is 5.69 Å². The van der Waals surface area contributed by atoms with Crippen molar-refractivity contribution in [3.63, 3.8) is 0 Å². The minimum atomic E-state index is -3.70. The number of likely N-dealkylation sites (tertiary alicyclic amines) is 1. The van der Waals surface area contributed by atoms with E-state index >= 15 is 0 Å². The lowest BCUT2D eigenvalue weighted by molar-refractivity contribution is -0.146. The van der Waals surface area contributed by atoms with Gasteiger partial charge >= 0.3 is 5.97 Å². The summed E-state index contributed by atoms with van der Waals surface area (Å²) >= 11 is 1.54. The first-order chi connectivity index (χ1) is 14.8. The summed E-state index contributed by atoms with van der Waals surface area (Å²) < 4.78 is 31.8. The van der Waals surface area contributed by atoms with Gasteiger partial charge in [0.25, 0.3) is 15.9 Å². The lowest BCUT2D eigenvalue weighted by atomic mass is 9.96. The summed E-state index contributed by atoms with van der Waals surface area (Å²) in [4.78, 5) is 27.3. The molecule has 1 aliphatic heterocycles. The van der Waals surface area contributed by atoms with Crippen LogP contribution in [0.3, 0.4) is 0 Å². The minimum Gasteiger partial charge on any atom is -0.469 e. The fraction of sp³-hybridized carbons (Fsp3) is 0.364. The van der Waals surface area contributed by atoms with Gasteiger partial charge in [-0.1, -0.05) is 0 Å². The average molecular weight is 463 g/mol. The Balaban J connectivity index is 1.69. The van der Waals surface area contributed by atoms with Crippen molar-refractivity contribution in [3.05, 3.63) is 54.1 Å². The summed E-state index contributed by atoms with van der Waals surface area (Å²) in [7, 11) is -0.837. The molecule has 0 radical (unpaired) electrons.